The maximum absolute atomic E-state index is 12.5. The van der Waals surface area contributed by atoms with Crippen LogP contribution < -0.4 is 4.74 Å². The number of para-hydroxylation sites is 1. The molecule has 1 atom stereocenters. The summed E-state index contributed by atoms with van der Waals surface area (Å²) in [5.41, 5.74) is 1.97. The number of rotatable bonds is 3. The van der Waals surface area contributed by atoms with Crippen LogP contribution in [0.2, 0.25) is 0 Å². The minimum absolute atomic E-state index is 0.0809. The monoisotopic (exact) mass is 354 g/mol. The predicted octanol–water partition coefficient (Wildman–Crippen LogP) is 3.07. The molecule has 2 aliphatic rings. The summed E-state index contributed by atoms with van der Waals surface area (Å²) in [7, 11) is 0. The third kappa shape index (κ3) is 3.93. The Hall–Kier alpha value is -2.27. The average molecular weight is 354 g/mol. The number of amides is 1. The fraction of sp³-hybridized carbons (Fsp3) is 0.476. The number of benzene rings is 1. The number of furan rings is 1. The van der Waals surface area contributed by atoms with Gasteiger partial charge in [0.15, 0.2) is 0 Å². The van der Waals surface area contributed by atoms with E-state index in [2.05, 4.69) is 23.1 Å². The summed E-state index contributed by atoms with van der Waals surface area (Å²) < 4.78 is 11.0. The lowest BCUT2D eigenvalue weighted by Gasteiger charge is -2.25. The van der Waals surface area contributed by atoms with Crippen molar-refractivity contribution in [2.24, 2.45) is 5.92 Å². The lowest BCUT2D eigenvalue weighted by molar-refractivity contribution is 0.0759. The number of hydrogen-bond donors (Lipinski definition) is 0. The van der Waals surface area contributed by atoms with Gasteiger partial charge in [-0.2, -0.15) is 0 Å². The van der Waals surface area contributed by atoms with E-state index in [1.54, 1.807) is 12.3 Å². The van der Waals surface area contributed by atoms with Crippen molar-refractivity contribution in [2.75, 3.05) is 39.3 Å². The van der Waals surface area contributed by atoms with Gasteiger partial charge in [-0.15, -0.1) is 0 Å². The fourth-order valence-electron chi connectivity index (χ4n) is 4.01. The zero-order valence-electron chi connectivity index (χ0n) is 15.1. The Labute approximate surface area is 154 Å². The lowest BCUT2D eigenvalue weighted by atomic mass is 9.96. The van der Waals surface area contributed by atoms with Crippen LogP contribution in [0.15, 0.2) is 47.3 Å². The van der Waals surface area contributed by atoms with E-state index in [9.17, 15) is 4.79 Å². The van der Waals surface area contributed by atoms with Crippen molar-refractivity contribution in [1.82, 2.24) is 9.80 Å². The first-order valence-corrected chi connectivity index (χ1v) is 9.54. The van der Waals surface area contributed by atoms with Crippen LogP contribution in [0.5, 0.6) is 5.75 Å². The van der Waals surface area contributed by atoms with Crippen LogP contribution in [-0.2, 0) is 6.42 Å². The number of nitrogens with zero attached hydrogens (tertiary/aromatic N) is 2. The Balaban J connectivity index is 1.34. The van der Waals surface area contributed by atoms with E-state index in [0.717, 1.165) is 64.3 Å². The van der Waals surface area contributed by atoms with Gasteiger partial charge in [0, 0.05) is 26.2 Å². The SMILES string of the molecule is O=C(c1ccoc1)N1CCCN(C[C@@H]2CCOc3ccccc3C2)CC1. The van der Waals surface area contributed by atoms with Crippen molar-refractivity contribution < 1.29 is 13.9 Å². The minimum Gasteiger partial charge on any atom is -0.493 e. The van der Waals surface area contributed by atoms with Gasteiger partial charge in [-0.1, -0.05) is 18.2 Å². The molecule has 0 N–H and O–H groups in total. The van der Waals surface area contributed by atoms with E-state index < -0.39 is 0 Å². The summed E-state index contributed by atoms with van der Waals surface area (Å²) in [4.78, 5) is 17.0. The molecule has 5 nitrogen and oxygen atoms in total. The standard InChI is InChI=1S/C21H26N2O3/c24-21(19-7-12-25-16-19)23-9-3-8-22(10-11-23)15-17-6-13-26-20-5-2-1-4-18(20)14-17/h1-2,4-5,7,12,16-17H,3,6,8-11,13-15H2/t17-/m1/s1. The zero-order chi connectivity index (χ0) is 17.8. The molecular formula is C21H26N2O3. The van der Waals surface area contributed by atoms with Gasteiger partial charge in [-0.25, -0.2) is 0 Å². The second-order valence-electron chi connectivity index (χ2n) is 7.27. The van der Waals surface area contributed by atoms with Crippen molar-refractivity contribution in [3.63, 3.8) is 0 Å². The molecule has 138 valence electrons. The molecule has 0 spiro atoms. The molecule has 2 aliphatic heterocycles. The molecule has 0 bridgehead atoms. The normalized spacial score (nSPS) is 21.4. The van der Waals surface area contributed by atoms with Crippen molar-refractivity contribution in [2.45, 2.75) is 19.3 Å². The average Bonchev–Trinajstić information content (AvgIpc) is 2.99. The van der Waals surface area contributed by atoms with Gasteiger partial charge in [-0.05, 0) is 49.4 Å². The number of ether oxygens (including phenoxy) is 1. The molecular weight excluding hydrogens is 328 g/mol. The first-order chi connectivity index (χ1) is 12.8. The second-order valence-corrected chi connectivity index (χ2v) is 7.27. The summed E-state index contributed by atoms with van der Waals surface area (Å²) in [6.07, 6.45) is 6.27. The zero-order valence-corrected chi connectivity index (χ0v) is 15.1. The van der Waals surface area contributed by atoms with Crippen LogP contribution in [-0.4, -0.2) is 55.0 Å². The maximum Gasteiger partial charge on any atom is 0.257 e. The highest BCUT2D eigenvalue weighted by Gasteiger charge is 2.24. The molecule has 3 heterocycles. The second kappa shape index (κ2) is 7.96. The van der Waals surface area contributed by atoms with Gasteiger partial charge in [-0.3, -0.25) is 4.79 Å². The largest absolute Gasteiger partial charge is 0.493 e. The van der Waals surface area contributed by atoms with Crippen LogP contribution in [0.1, 0.15) is 28.8 Å². The van der Waals surface area contributed by atoms with E-state index in [4.69, 9.17) is 9.15 Å². The summed E-state index contributed by atoms with van der Waals surface area (Å²) in [6.45, 7) is 5.45. The topological polar surface area (TPSA) is 45.9 Å². The molecule has 0 radical (unpaired) electrons. The van der Waals surface area contributed by atoms with Gasteiger partial charge in [0.2, 0.25) is 0 Å². The number of carbonyl (C=O) groups excluding carboxylic acids is 1. The van der Waals surface area contributed by atoms with Crippen LogP contribution in [0, 0.1) is 5.92 Å². The highest BCUT2D eigenvalue weighted by Crippen LogP contribution is 2.27. The molecule has 0 saturated carbocycles. The van der Waals surface area contributed by atoms with Crippen LogP contribution in [0.4, 0.5) is 0 Å². The maximum atomic E-state index is 12.5. The molecule has 0 aliphatic carbocycles. The number of carbonyl (C=O) groups is 1. The van der Waals surface area contributed by atoms with Gasteiger partial charge in [0.25, 0.3) is 5.91 Å². The predicted molar refractivity (Wildman–Crippen MR) is 99.4 cm³/mol. The van der Waals surface area contributed by atoms with Gasteiger partial charge >= 0.3 is 0 Å². The smallest absolute Gasteiger partial charge is 0.257 e. The summed E-state index contributed by atoms with van der Waals surface area (Å²) in [6, 6.07) is 10.1. The molecule has 1 fully saturated rings. The third-order valence-corrected chi connectivity index (χ3v) is 5.43. The minimum atomic E-state index is 0.0809. The summed E-state index contributed by atoms with van der Waals surface area (Å²) in [5, 5.41) is 0. The molecule has 1 aromatic heterocycles. The van der Waals surface area contributed by atoms with Crippen molar-refractivity contribution in [1.29, 1.82) is 0 Å². The molecule has 0 unspecified atom stereocenters. The quantitative estimate of drug-likeness (QED) is 0.850. The van der Waals surface area contributed by atoms with Crippen molar-refractivity contribution in [3.8, 4) is 5.75 Å². The molecule has 5 heteroatoms. The van der Waals surface area contributed by atoms with Gasteiger partial charge < -0.3 is 19.0 Å². The summed E-state index contributed by atoms with van der Waals surface area (Å²) in [5.74, 6) is 1.73. The molecule has 1 saturated heterocycles. The highest BCUT2D eigenvalue weighted by atomic mass is 16.5. The Morgan fingerprint density at radius 3 is 2.92 bits per heavy atom. The van der Waals surface area contributed by atoms with E-state index in [-0.39, 0.29) is 5.91 Å². The lowest BCUT2D eigenvalue weighted by Crippen LogP contribution is -2.36. The first kappa shape index (κ1) is 17.2. The molecule has 4 rings (SSSR count). The van der Waals surface area contributed by atoms with Crippen molar-refractivity contribution >= 4 is 5.91 Å². The van der Waals surface area contributed by atoms with E-state index >= 15 is 0 Å². The Morgan fingerprint density at radius 2 is 2.04 bits per heavy atom. The van der Waals surface area contributed by atoms with Crippen LogP contribution in [0.3, 0.4) is 0 Å². The van der Waals surface area contributed by atoms with Gasteiger partial charge in [0.05, 0.1) is 18.4 Å². The number of hydrogen-bond acceptors (Lipinski definition) is 4. The van der Waals surface area contributed by atoms with Crippen molar-refractivity contribution in [3.05, 3.63) is 54.0 Å². The van der Waals surface area contributed by atoms with E-state index in [1.807, 2.05) is 11.0 Å². The Bertz CT molecular complexity index is 729. The van der Waals surface area contributed by atoms with E-state index in [1.165, 1.54) is 11.8 Å². The first-order valence-electron chi connectivity index (χ1n) is 9.54. The number of fused-ring (bicyclic) bond motifs is 1. The fourth-order valence-corrected chi connectivity index (χ4v) is 4.01. The summed E-state index contributed by atoms with van der Waals surface area (Å²) >= 11 is 0. The molecule has 1 amide bonds. The third-order valence-electron chi connectivity index (χ3n) is 5.43. The van der Waals surface area contributed by atoms with Crippen LogP contribution in [0.25, 0.3) is 0 Å². The molecule has 26 heavy (non-hydrogen) atoms. The Kier molecular flexibility index (Phi) is 5.25. The highest BCUT2D eigenvalue weighted by molar-refractivity contribution is 5.93. The molecule has 1 aromatic carbocycles. The van der Waals surface area contributed by atoms with E-state index in [0.29, 0.717) is 11.5 Å². The van der Waals surface area contributed by atoms with Gasteiger partial charge in [0.1, 0.15) is 12.0 Å². The van der Waals surface area contributed by atoms with Crippen LogP contribution >= 0.6 is 0 Å². The Morgan fingerprint density at radius 1 is 1.12 bits per heavy atom. The molecule has 2 aromatic rings.